The van der Waals surface area contributed by atoms with E-state index in [0.717, 1.165) is 82.1 Å². The molecule has 9 nitrogen and oxygen atoms in total. The van der Waals surface area contributed by atoms with Crippen molar-refractivity contribution in [2.75, 3.05) is 39.3 Å². The number of rotatable bonds is 15. The highest BCUT2D eigenvalue weighted by Crippen LogP contribution is 2.74. The molecule has 0 saturated heterocycles. The fraction of sp³-hybridized carbons (Fsp3) is 0.850. The zero-order valence-corrected chi connectivity index (χ0v) is 31.9. The van der Waals surface area contributed by atoms with Crippen LogP contribution in [0.3, 0.4) is 0 Å². The number of hydrogen-bond acceptors (Lipinski definition) is 8. The predicted octanol–water partition coefficient (Wildman–Crippen LogP) is 5.09. The first-order chi connectivity index (χ1) is 23.1. The van der Waals surface area contributed by atoms with Crippen LogP contribution in [0, 0.1) is 39.9 Å². The number of aliphatic hydroxyl groups is 2. The lowest BCUT2D eigenvalue weighted by Gasteiger charge is -2.69. The number of nitrogens with two attached hydrogens (primary N) is 2. The maximum Gasteiger partial charge on any atom is 0.303 e. The standard InChI is InChI=1S/C40H70N4O5/c1-26(2)12-8-13-29(37(48)43-20-11-23-44(21-9-18-41)22-10-19-42)35-31-24-33(47)36-38(5)16-15-32(46)27(3)30(38)14-17-39(36,6)40(31,7)25-34(35)49-28(4)45/h12,27,30-34,36,46-47H,8-11,13-25,41-42H2,1-7H3,(H,43,48)/t27-,30?,31?,32+,33+,34-,36?,38-,39-,40-/m0/s1. The summed E-state index contributed by atoms with van der Waals surface area (Å²) in [6, 6.07) is 0. The van der Waals surface area contributed by atoms with Gasteiger partial charge in [-0.05, 0) is 163 Å². The van der Waals surface area contributed by atoms with Crippen LogP contribution in [-0.2, 0) is 14.3 Å². The molecule has 0 aliphatic heterocycles. The van der Waals surface area contributed by atoms with E-state index in [1.807, 2.05) is 0 Å². The van der Waals surface area contributed by atoms with Crippen molar-refractivity contribution in [1.82, 2.24) is 10.2 Å². The van der Waals surface area contributed by atoms with Gasteiger partial charge in [0.2, 0.25) is 5.91 Å². The first kappa shape index (κ1) is 40.0. The Morgan fingerprint density at radius 3 is 2.22 bits per heavy atom. The number of allylic oxidation sites excluding steroid dienone is 2. The van der Waals surface area contributed by atoms with Crippen molar-refractivity contribution >= 4 is 11.9 Å². The largest absolute Gasteiger partial charge is 0.458 e. The van der Waals surface area contributed by atoms with E-state index in [9.17, 15) is 19.8 Å². The highest BCUT2D eigenvalue weighted by molar-refractivity contribution is 5.94. The highest BCUT2D eigenvalue weighted by Gasteiger charge is 2.70. The van der Waals surface area contributed by atoms with E-state index < -0.39 is 12.2 Å². The maximum atomic E-state index is 14.3. The maximum absolute atomic E-state index is 14.3. The quantitative estimate of drug-likeness (QED) is 0.0692. The molecule has 4 aliphatic rings. The third kappa shape index (κ3) is 8.16. The number of fused-ring (bicyclic) bond motifs is 5. The molecule has 4 saturated carbocycles. The lowest BCUT2D eigenvalue weighted by Crippen LogP contribution is -2.65. The van der Waals surface area contributed by atoms with Crippen molar-refractivity contribution in [2.24, 2.45) is 51.4 Å². The number of aliphatic hydroxyl groups excluding tert-OH is 2. The Kier molecular flexibility index (Phi) is 13.6. The van der Waals surface area contributed by atoms with Gasteiger partial charge in [0.15, 0.2) is 0 Å². The molecule has 0 radical (unpaired) electrons. The summed E-state index contributed by atoms with van der Waals surface area (Å²) in [4.78, 5) is 29.3. The van der Waals surface area contributed by atoms with Crippen molar-refractivity contribution in [1.29, 1.82) is 0 Å². The summed E-state index contributed by atoms with van der Waals surface area (Å²) in [5.74, 6) is 0.134. The second kappa shape index (κ2) is 16.7. The number of hydrogen-bond donors (Lipinski definition) is 5. The fourth-order valence-electron chi connectivity index (χ4n) is 11.4. The van der Waals surface area contributed by atoms with Crippen LogP contribution < -0.4 is 16.8 Å². The lowest BCUT2D eigenvalue weighted by molar-refractivity contribution is -0.234. The molecule has 0 spiro atoms. The molecular weight excluding hydrogens is 616 g/mol. The van der Waals surface area contributed by atoms with Gasteiger partial charge in [-0.15, -0.1) is 0 Å². The van der Waals surface area contributed by atoms with Gasteiger partial charge in [0, 0.05) is 19.0 Å². The smallest absolute Gasteiger partial charge is 0.303 e. The van der Waals surface area contributed by atoms with Gasteiger partial charge in [-0.1, -0.05) is 39.3 Å². The van der Waals surface area contributed by atoms with E-state index in [1.54, 1.807) is 0 Å². The van der Waals surface area contributed by atoms with E-state index in [1.165, 1.54) is 12.5 Å². The van der Waals surface area contributed by atoms with Crippen LogP contribution in [0.2, 0.25) is 0 Å². The van der Waals surface area contributed by atoms with E-state index in [2.05, 4.69) is 57.8 Å². The third-order valence-electron chi connectivity index (χ3n) is 13.9. The number of nitrogens with zero attached hydrogens (tertiary/aromatic N) is 1. The average Bonchev–Trinajstić information content (AvgIpc) is 3.31. The molecule has 0 aromatic carbocycles. The monoisotopic (exact) mass is 687 g/mol. The molecule has 9 heteroatoms. The van der Waals surface area contributed by atoms with Crippen molar-refractivity contribution < 1.29 is 24.5 Å². The normalized spacial score (nSPS) is 37.9. The molecule has 4 aliphatic carbocycles. The Balaban J connectivity index is 1.68. The Morgan fingerprint density at radius 1 is 0.959 bits per heavy atom. The average molecular weight is 687 g/mol. The molecule has 280 valence electrons. The van der Waals surface area contributed by atoms with Crippen LogP contribution in [0.1, 0.15) is 119 Å². The van der Waals surface area contributed by atoms with Crippen molar-refractivity contribution in [3.8, 4) is 0 Å². The number of amides is 1. The summed E-state index contributed by atoms with van der Waals surface area (Å²) in [5.41, 5.74) is 13.8. The molecule has 4 rings (SSSR count). The minimum atomic E-state index is -0.542. The fourth-order valence-corrected chi connectivity index (χ4v) is 11.4. The lowest BCUT2D eigenvalue weighted by atomic mass is 9.36. The van der Waals surface area contributed by atoms with E-state index in [4.69, 9.17) is 16.2 Å². The molecule has 4 fully saturated rings. The molecule has 0 aromatic heterocycles. The molecule has 10 atom stereocenters. The molecular formula is C40H70N4O5. The number of ether oxygens (including phenoxy) is 1. The topological polar surface area (TPSA) is 151 Å². The van der Waals surface area contributed by atoms with Gasteiger partial charge in [0.25, 0.3) is 0 Å². The van der Waals surface area contributed by atoms with Gasteiger partial charge in [0.1, 0.15) is 6.10 Å². The van der Waals surface area contributed by atoms with Crippen LogP contribution in [0.4, 0.5) is 0 Å². The minimum absolute atomic E-state index is 0.0664. The van der Waals surface area contributed by atoms with Gasteiger partial charge >= 0.3 is 5.97 Å². The summed E-state index contributed by atoms with van der Waals surface area (Å²) < 4.78 is 6.16. The highest BCUT2D eigenvalue weighted by atomic mass is 16.5. The Hall–Kier alpha value is -1.78. The second-order valence-corrected chi connectivity index (χ2v) is 17.1. The van der Waals surface area contributed by atoms with Gasteiger partial charge in [-0.3, -0.25) is 9.59 Å². The van der Waals surface area contributed by atoms with Gasteiger partial charge in [0.05, 0.1) is 12.2 Å². The summed E-state index contributed by atoms with van der Waals surface area (Å²) in [6.07, 6.45) is 9.64. The minimum Gasteiger partial charge on any atom is -0.458 e. The molecule has 0 bridgehead atoms. The Morgan fingerprint density at radius 2 is 1.61 bits per heavy atom. The van der Waals surface area contributed by atoms with E-state index >= 15 is 0 Å². The Bertz CT molecular complexity index is 1210. The van der Waals surface area contributed by atoms with Crippen LogP contribution in [0.25, 0.3) is 0 Å². The summed E-state index contributed by atoms with van der Waals surface area (Å²) >= 11 is 0. The number of nitrogens with one attached hydrogen (secondary N) is 1. The van der Waals surface area contributed by atoms with Crippen molar-refractivity contribution in [3.63, 3.8) is 0 Å². The SMILES string of the molecule is CC(=O)O[C@H]1C[C@@]2(C)C(C[C@@H](O)C3[C@@]4(C)CC[C@@H](O)[C@@H](C)C4CC[C@@]32C)C1=C(CCC=C(C)C)C(=O)NCCCN(CCCN)CCCN. The Labute approximate surface area is 297 Å². The summed E-state index contributed by atoms with van der Waals surface area (Å²) in [6.45, 7) is 19.5. The van der Waals surface area contributed by atoms with Crippen LogP contribution >= 0.6 is 0 Å². The zero-order chi connectivity index (χ0) is 36.1. The number of carbonyl (C=O) groups excluding carboxylic acids is 2. The van der Waals surface area contributed by atoms with Crippen molar-refractivity contribution in [2.45, 2.75) is 137 Å². The number of esters is 1. The first-order valence-electron chi connectivity index (χ1n) is 19.4. The molecule has 3 unspecified atom stereocenters. The van der Waals surface area contributed by atoms with E-state index in [-0.39, 0.29) is 52.0 Å². The van der Waals surface area contributed by atoms with Crippen LogP contribution in [0.5, 0.6) is 0 Å². The summed E-state index contributed by atoms with van der Waals surface area (Å²) in [7, 11) is 0. The summed E-state index contributed by atoms with van der Waals surface area (Å²) in [5, 5.41) is 26.4. The number of carbonyl (C=O) groups is 2. The van der Waals surface area contributed by atoms with Crippen molar-refractivity contribution in [3.05, 3.63) is 22.8 Å². The first-order valence-corrected chi connectivity index (χ1v) is 19.4. The van der Waals surface area contributed by atoms with Gasteiger partial charge < -0.3 is 36.6 Å². The zero-order valence-electron chi connectivity index (χ0n) is 31.9. The van der Waals surface area contributed by atoms with E-state index in [0.29, 0.717) is 44.8 Å². The molecule has 0 heterocycles. The second-order valence-electron chi connectivity index (χ2n) is 17.1. The third-order valence-corrected chi connectivity index (χ3v) is 13.9. The molecule has 0 aromatic rings. The molecule has 49 heavy (non-hydrogen) atoms. The predicted molar refractivity (Wildman–Crippen MR) is 196 cm³/mol. The van der Waals surface area contributed by atoms with Crippen LogP contribution in [-0.4, -0.2) is 84.6 Å². The molecule has 7 N–H and O–H groups in total. The van der Waals surface area contributed by atoms with Crippen LogP contribution in [0.15, 0.2) is 22.8 Å². The molecule has 1 amide bonds. The van der Waals surface area contributed by atoms with Gasteiger partial charge in [-0.2, -0.15) is 0 Å². The van der Waals surface area contributed by atoms with Gasteiger partial charge in [-0.25, -0.2) is 0 Å².